The molecule has 1 N–H and O–H groups in total. The summed E-state index contributed by atoms with van der Waals surface area (Å²) in [6.07, 6.45) is 2.42. The Bertz CT molecular complexity index is 523. The average Bonchev–Trinajstić information content (AvgIpc) is 2.77. The molecule has 0 spiro atoms. The number of pyridine rings is 1. The quantitative estimate of drug-likeness (QED) is 0.857. The molecule has 1 aliphatic heterocycles. The van der Waals surface area contributed by atoms with Crippen molar-refractivity contribution in [3.05, 3.63) is 18.3 Å². The zero-order valence-corrected chi connectivity index (χ0v) is 11.4. The fourth-order valence-electron chi connectivity index (χ4n) is 2.47. The summed E-state index contributed by atoms with van der Waals surface area (Å²) in [4.78, 5) is 12.3. The molecule has 96 valence electrons. The van der Waals surface area contributed by atoms with Crippen molar-refractivity contribution >= 4 is 26.8 Å². The summed E-state index contributed by atoms with van der Waals surface area (Å²) in [5.74, 6) is 0.293. The van der Waals surface area contributed by atoms with Gasteiger partial charge < -0.3 is 10.0 Å². The maximum atomic E-state index is 9.90. The maximum Gasteiger partial charge on any atom is 0.188 e. The van der Waals surface area contributed by atoms with E-state index >= 15 is 0 Å². The molecule has 0 amide bonds. The fourth-order valence-corrected chi connectivity index (χ4v) is 3.49. The molecule has 3 heterocycles. The number of nitrogens with zero attached hydrogens (tertiary/aromatic N) is 3. The van der Waals surface area contributed by atoms with E-state index in [1.807, 2.05) is 12.1 Å². The van der Waals surface area contributed by atoms with E-state index in [-0.39, 0.29) is 6.10 Å². The van der Waals surface area contributed by atoms with Crippen molar-refractivity contribution < 1.29 is 5.11 Å². The minimum Gasteiger partial charge on any atom is -0.393 e. The van der Waals surface area contributed by atoms with Gasteiger partial charge in [0.05, 0.1) is 6.10 Å². The molecule has 3 atom stereocenters. The van der Waals surface area contributed by atoms with Crippen LogP contribution in [0, 0.1) is 5.92 Å². The van der Waals surface area contributed by atoms with Crippen LogP contribution in [0.4, 0.5) is 5.13 Å². The SMILES string of the molecule is CC1CN(c2nc3cccnc3s2)C(C)CC1O. The molecule has 1 aliphatic rings. The first-order valence-electron chi connectivity index (χ1n) is 6.31. The molecule has 1 saturated heterocycles. The molecular weight excluding hydrogens is 246 g/mol. The van der Waals surface area contributed by atoms with Crippen molar-refractivity contribution in [1.82, 2.24) is 9.97 Å². The second-order valence-corrected chi connectivity index (χ2v) is 6.06. The summed E-state index contributed by atoms with van der Waals surface area (Å²) in [6, 6.07) is 4.24. The van der Waals surface area contributed by atoms with Gasteiger partial charge >= 0.3 is 0 Å². The topological polar surface area (TPSA) is 49.2 Å². The van der Waals surface area contributed by atoms with Gasteiger partial charge in [0.2, 0.25) is 0 Å². The zero-order chi connectivity index (χ0) is 12.7. The van der Waals surface area contributed by atoms with E-state index in [4.69, 9.17) is 0 Å². The van der Waals surface area contributed by atoms with E-state index in [9.17, 15) is 5.11 Å². The van der Waals surface area contributed by atoms with Gasteiger partial charge in [0, 0.05) is 18.8 Å². The lowest BCUT2D eigenvalue weighted by molar-refractivity contribution is 0.0840. The Kier molecular flexibility index (Phi) is 2.95. The van der Waals surface area contributed by atoms with Gasteiger partial charge in [0.1, 0.15) is 10.3 Å². The molecular formula is C13H17N3OS. The molecule has 2 aromatic heterocycles. The predicted molar refractivity (Wildman–Crippen MR) is 74.0 cm³/mol. The highest BCUT2D eigenvalue weighted by Crippen LogP contribution is 2.32. The van der Waals surface area contributed by atoms with E-state index in [2.05, 4.69) is 28.7 Å². The van der Waals surface area contributed by atoms with Gasteiger partial charge in [-0.15, -0.1) is 0 Å². The van der Waals surface area contributed by atoms with E-state index in [0.717, 1.165) is 28.4 Å². The largest absolute Gasteiger partial charge is 0.393 e. The second-order valence-electron chi connectivity index (χ2n) is 5.11. The molecule has 4 nitrogen and oxygen atoms in total. The Balaban J connectivity index is 1.93. The fraction of sp³-hybridized carbons (Fsp3) is 0.538. The minimum atomic E-state index is -0.191. The van der Waals surface area contributed by atoms with Gasteiger partial charge in [-0.3, -0.25) is 0 Å². The summed E-state index contributed by atoms with van der Waals surface area (Å²) in [5, 5.41) is 10.9. The summed E-state index contributed by atoms with van der Waals surface area (Å²) in [6.45, 7) is 5.10. The van der Waals surface area contributed by atoms with Gasteiger partial charge in [0.15, 0.2) is 5.13 Å². The lowest BCUT2D eigenvalue weighted by Gasteiger charge is -2.39. The Morgan fingerprint density at radius 2 is 2.28 bits per heavy atom. The van der Waals surface area contributed by atoms with Crippen molar-refractivity contribution in [1.29, 1.82) is 0 Å². The van der Waals surface area contributed by atoms with E-state index in [1.54, 1.807) is 17.5 Å². The molecule has 1 fully saturated rings. The van der Waals surface area contributed by atoms with Crippen LogP contribution in [-0.2, 0) is 0 Å². The van der Waals surface area contributed by atoms with Crippen molar-refractivity contribution in [3.63, 3.8) is 0 Å². The zero-order valence-electron chi connectivity index (χ0n) is 10.6. The van der Waals surface area contributed by atoms with Crippen LogP contribution in [0.2, 0.25) is 0 Å². The molecule has 2 aromatic rings. The second kappa shape index (κ2) is 4.48. The van der Waals surface area contributed by atoms with Gasteiger partial charge in [-0.25, -0.2) is 9.97 Å². The average molecular weight is 263 g/mol. The molecule has 0 bridgehead atoms. The summed E-state index contributed by atoms with van der Waals surface area (Å²) >= 11 is 1.63. The third kappa shape index (κ3) is 1.97. The molecule has 0 aliphatic carbocycles. The van der Waals surface area contributed by atoms with Gasteiger partial charge in [-0.2, -0.15) is 0 Å². The van der Waals surface area contributed by atoms with Crippen LogP contribution in [0.5, 0.6) is 0 Å². The van der Waals surface area contributed by atoms with Crippen LogP contribution in [0.25, 0.3) is 10.3 Å². The van der Waals surface area contributed by atoms with Crippen LogP contribution in [0.15, 0.2) is 18.3 Å². The van der Waals surface area contributed by atoms with Crippen LogP contribution in [-0.4, -0.2) is 33.8 Å². The van der Waals surface area contributed by atoms with Crippen molar-refractivity contribution in [2.45, 2.75) is 32.4 Å². The normalized spacial score (nSPS) is 28.8. The third-order valence-electron chi connectivity index (χ3n) is 3.66. The molecule has 18 heavy (non-hydrogen) atoms. The van der Waals surface area contributed by atoms with Crippen LogP contribution in [0.1, 0.15) is 20.3 Å². The van der Waals surface area contributed by atoms with E-state index in [0.29, 0.717) is 12.0 Å². The molecule has 0 radical (unpaired) electrons. The number of aromatic nitrogens is 2. The molecule has 3 rings (SSSR count). The first kappa shape index (κ1) is 11.9. The number of fused-ring (bicyclic) bond motifs is 1. The summed E-state index contributed by atoms with van der Waals surface area (Å²) < 4.78 is 0. The lowest BCUT2D eigenvalue weighted by Crippen LogP contribution is -2.47. The number of aliphatic hydroxyl groups is 1. The summed E-state index contributed by atoms with van der Waals surface area (Å²) in [5.41, 5.74) is 0.962. The van der Waals surface area contributed by atoms with E-state index in [1.165, 1.54) is 0 Å². The number of aliphatic hydroxyl groups excluding tert-OH is 1. The highest BCUT2D eigenvalue weighted by molar-refractivity contribution is 7.21. The van der Waals surface area contributed by atoms with Crippen molar-refractivity contribution in [2.75, 3.05) is 11.4 Å². The molecule has 0 saturated carbocycles. The monoisotopic (exact) mass is 263 g/mol. The Labute approximate surface area is 110 Å². The molecule has 3 unspecified atom stereocenters. The van der Waals surface area contributed by atoms with Gasteiger partial charge in [-0.1, -0.05) is 18.3 Å². The Morgan fingerprint density at radius 3 is 3.06 bits per heavy atom. The summed E-state index contributed by atoms with van der Waals surface area (Å²) in [7, 11) is 0. The minimum absolute atomic E-state index is 0.191. The van der Waals surface area contributed by atoms with Crippen LogP contribution < -0.4 is 4.90 Å². The molecule has 5 heteroatoms. The number of piperidine rings is 1. The van der Waals surface area contributed by atoms with Crippen molar-refractivity contribution in [2.24, 2.45) is 5.92 Å². The number of anilines is 1. The maximum absolute atomic E-state index is 9.90. The number of rotatable bonds is 1. The molecule has 0 aromatic carbocycles. The Morgan fingerprint density at radius 1 is 1.44 bits per heavy atom. The highest BCUT2D eigenvalue weighted by atomic mass is 32.1. The predicted octanol–water partition coefficient (Wildman–Crippen LogP) is 2.29. The first-order chi connectivity index (χ1) is 8.65. The third-order valence-corrected chi connectivity index (χ3v) is 4.67. The number of thiazole rings is 1. The van der Waals surface area contributed by atoms with Crippen LogP contribution >= 0.6 is 11.3 Å². The number of hydrogen-bond donors (Lipinski definition) is 1. The van der Waals surface area contributed by atoms with Crippen molar-refractivity contribution in [3.8, 4) is 0 Å². The van der Waals surface area contributed by atoms with E-state index < -0.39 is 0 Å². The lowest BCUT2D eigenvalue weighted by atomic mass is 9.92. The number of hydrogen-bond acceptors (Lipinski definition) is 5. The standard InChI is InChI=1S/C13H17N3OS/c1-8-7-16(9(2)6-11(8)17)13-15-10-4-3-5-14-12(10)18-13/h3-5,8-9,11,17H,6-7H2,1-2H3. The first-order valence-corrected chi connectivity index (χ1v) is 7.13. The smallest absolute Gasteiger partial charge is 0.188 e. The van der Waals surface area contributed by atoms with Crippen LogP contribution in [0.3, 0.4) is 0 Å². The van der Waals surface area contributed by atoms with Gasteiger partial charge in [0.25, 0.3) is 0 Å². The van der Waals surface area contributed by atoms with Gasteiger partial charge in [-0.05, 0) is 31.4 Å². The highest BCUT2D eigenvalue weighted by Gasteiger charge is 2.31. The Hall–Kier alpha value is -1.20.